The maximum atomic E-state index is 12.3. The number of benzene rings is 1. The molecule has 0 radical (unpaired) electrons. The first kappa shape index (κ1) is 20.4. The zero-order chi connectivity index (χ0) is 19.6. The van der Waals surface area contributed by atoms with Crippen molar-refractivity contribution in [3.63, 3.8) is 0 Å². The number of nitrogens with one attached hydrogen (secondary N) is 2. The Morgan fingerprint density at radius 2 is 1.96 bits per heavy atom. The van der Waals surface area contributed by atoms with Crippen molar-refractivity contribution in [2.75, 3.05) is 39.1 Å². The molecule has 0 bridgehead atoms. The maximum absolute atomic E-state index is 12.3. The Hall–Kier alpha value is -2.93. The number of nitrogens with zero attached hydrogens (tertiary/aromatic N) is 2. The number of para-hydroxylation sites is 1. The number of anilines is 2. The summed E-state index contributed by atoms with van der Waals surface area (Å²) in [6, 6.07) is 10.5. The van der Waals surface area contributed by atoms with Gasteiger partial charge in [-0.05, 0) is 58.3 Å². The molecule has 0 aliphatic carbocycles. The highest BCUT2D eigenvalue weighted by Crippen LogP contribution is 2.22. The summed E-state index contributed by atoms with van der Waals surface area (Å²) in [5.74, 6) is -0.621. The van der Waals surface area contributed by atoms with Gasteiger partial charge in [-0.15, -0.1) is 0 Å². The Balaban J connectivity index is 2.06. The summed E-state index contributed by atoms with van der Waals surface area (Å²) in [5.41, 5.74) is 2.03. The minimum absolute atomic E-state index is 0.226. The molecule has 1 heterocycles. The van der Waals surface area contributed by atoms with Crippen LogP contribution in [-0.4, -0.2) is 55.6 Å². The van der Waals surface area contributed by atoms with Crippen molar-refractivity contribution in [3.8, 4) is 0 Å². The van der Waals surface area contributed by atoms with Gasteiger partial charge in [0.25, 0.3) is 5.91 Å². The molecule has 7 nitrogen and oxygen atoms in total. The SMILES string of the molecule is CCOC(=O)c1ccccc1Nc1ccnc(C(=O)NCCCN(C)C)c1. The average molecular weight is 370 g/mol. The van der Waals surface area contributed by atoms with Gasteiger partial charge in [0.1, 0.15) is 5.69 Å². The topological polar surface area (TPSA) is 83.6 Å². The molecular formula is C20H26N4O3. The van der Waals surface area contributed by atoms with E-state index in [-0.39, 0.29) is 5.91 Å². The van der Waals surface area contributed by atoms with Gasteiger partial charge in [0.05, 0.1) is 17.9 Å². The van der Waals surface area contributed by atoms with Crippen LogP contribution >= 0.6 is 0 Å². The molecule has 2 N–H and O–H groups in total. The highest BCUT2D eigenvalue weighted by Gasteiger charge is 2.13. The average Bonchev–Trinajstić information content (AvgIpc) is 2.66. The first-order chi connectivity index (χ1) is 13.0. The maximum Gasteiger partial charge on any atom is 0.340 e. The molecule has 1 aromatic carbocycles. The highest BCUT2D eigenvalue weighted by molar-refractivity contribution is 5.97. The van der Waals surface area contributed by atoms with Crippen molar-refractivity contribution in [2.24, 2.45) is 0 Å². The third-order valence-electron chi connectivity index (χ3n) is 3.76. The van der Waals surface area contributed by atoms with Crippen molar-refractivity contribution in [2.45, 2.75) is 13.3 Å². The van der Waals surface area contributed by atoms with Gasteiger partial charge in [-0.3, -0.25) is 9.78 Å². The van der Waals surface area contributed by atoms with Gasteiger partial charge in [-0.1, -0.05) is 12.1 Å². The third kappa shape index (κ3) is 6.38. The van der Waals surface area contributed by atoms with Crippen LogP contribution in [0.5, 0.6) is 0 Å². The first-order valence-corrected chi connectivity index (χ1v) is 8.93. The van der Waals surface area contributed by atoms with E-state index in [0.717, 1.165) is 13.0 Å². The zero-order valence-electron chi connectivity index (χ0n) is 16.0. The largest absolute Gasteiger partial charge is 0.462 e. The van der Waals surface area contributed by atoms with Crippen molar-refractivity contribution < 1.29 is 14.3 Å². The molecule has 144 valence electrons. The number of hydrogen-bond donors (Lipinski definition) is 2. The summed E-state index contributed by atoms with van der Waals surface area (Å²) < 4.78 is 5.08. The number of pyridine rings is 1. The Morgan fingerprint density at radius 1 is 1.19 bits per heavy atom. The fraction of sp³-hybridized carbons (Fsp3) is 0.350. The fourth-order valence-electron chi connectivity index (χ4n) is 2.45. The van der Waals surface area contributed by atoms with E-state index in [4.69, 9.17) is 4.74 Å². The van der Waals surface area contributed by atoms with E-state index in [9.17, 15) is 9.59 Å². The lowest BCUT2D eigenvalue weighted by molar-refractivity contribution is 0.0527. The second-order valence-corrected chi connectivity index (χ2v) is 6.23. The Bertz CT molecular complexity index is 777. The van der Waals surface area contributed by atoms with Crippen LogP contribution in [-0.2, 0) is 4.74 Å². The van der Waals surface area contributed by atoms with Gasteiger partial charge in [0.15, 0.2) is 0 Å². The summed E-state index contributed by atoms with van der Waals surface area (Å²) in [6.45, 7) is 3.56. The Labute approximate surface area is 159 Å². The van der Waals surface area contributed by atoms with Crippen molar-refractivity contribution in [1.29, 1.82) is 0 Å². The van der Waals surface area contributed by atoms with Crippen molar-refractivity contribution >= 4 is 23.3 Å². The van der Waals surface area contributed by atoms with E-state index in [2.05, 4.69) is 20.5 Å². The molecule has 0 unspecified atom stereocenters. The van der Waals surface area contributed by atoms with Gasteiger partial charge in [-0.2, -0.15) is 0 Å². The summed E-state index contributed by atoms with van der Waals surface area (Å²) in [6.07, 6.45) is 2.42. The summed E-state index contributed by atoms with van der Waals surface area (Å²) >= 11 is 0. The molecule has 0 aliphatic rings. The van der Waals surface area contributed by atoms with Crippen molar-refractivity contribution in [3.05, 3.63) is 53.9 Å². The predicted octanol–water partition coefficient (Wildman–Crippen LogP) is 2.68. The van der Waals surface area contributed by atoms with E-state index in [0.29, 0.717) is 35.8 Å². The molecular weight excluding hydrogens is 344 g/mol. The molecule has 0 fully saturated rings. The molecule has 2 rings (SSSR count). The molecule has 0 aliphatic heterocycles. The molecule has 2 aromatic rings. The number of esters is 1. The smallest absolute Gasteiger partial charge is 0.340 e. The predicted molar refractivity (Wildman–Crippen MR) is 105 cm³/mol. The van der Waals surface area contributed by atoms with Gasteiger partial charge < -0.3 is 20.3 Å². The zero-order valence-corrected chi connectivity index (χ0v) is 16.0. The summed E-state index contributed by atoms with van der Waals surface area (Å²) in [5, 5.41) is 6.02. The molecule has 1 aromatic heterocycles. The minimum atomic E-state index is -0.395. The van der Waals surface area contributed by atoms with Gasteiger partial charge >= 0.3 is 5.97 Å². The van der Waals surface area contributed by atoms with E-state index in [1.165, 1.54) is 0 Å². The van der Waals surface area contributed by atoms with Crippen molar-refractivity contribution in [1.82, 2.24) is 15.2 Å². The van der Waals surface area contributed by atoms with E-state index in [1.807, 2.05) is 20.2 Å². The third-order valence-corrected chi connectivity index (χ3v) is 3.76. The quantitative estimate of drug-likeness (QED) is 0.522. The molecule has 7 heteroatoms. The lowest BCUT2D eigenvalue weighted by Crippen LogP contribution is -2.27. The molecule has 27 heavy (non-hydrogen) atoms. The lowest BCUT2D eigenvalue weighted by atomic mass is 10.1. The number of amides is 1. The van der Waals surface area contributed by atoms with E-state index >= 15 is 0 Å². The van der Waals surface area contributed by atoms with Crippen LogP contribution in [0.4, 0.5) is 11.4 Å². The van der Waals surface area contributed by atoms with Crippen LogP contribution in [0, 0.1) is 0 Å². The molecule has 0 atom stereocenters. The number of ether oxygens (including phenoxy) is 1. The van der Waals surface area contributed by atoms with E-state index < -0.39 is 5.97 Å². The second-order valence-electron chi connectivity index (χ2n) is 6.23. The van der Waals surface area contributed by atoms with Crippen LogP contribution in [0.25, 0.3) is 0 Å². The standard InChI is InChI=1S/C20H26N4O3/c1-4-27-20(26)16-8-5-6-9-17(16)23-15-10-12-21-18(14-15)19(25)22-11-7-13-24(2)3/h5-6,8-10,12,14H,4,7,11,13H2,1-3H3,(H,21,23)(H,22,25). The minimum Gasteiger partial charge on any atom is -0.462 e. The van der Waals surface area contributed by atoms with E-state index in [1.54, 1.807) is 43.5 Å². The number of carbonyl (C=O) groups excluding carboxylic acids is 2. The van der Waals surface area contributed by atoms with Crippen LogP contribution in [0.15, 0.2) is 42.6 Å². The molecule has 0 spiro atoms. The van der Waals surface area contributed by atoms with Gasteiger partial charge in [0.2, 0.25) is 0 Å². The fourth-order valence-corrected chi connectivity index (χ4v) is 2.45. The number of carbonyl (C=O) groups is 2. The van der Waals surface area contributed by atoms with Crippen LogP contribution < -0.4 is 10.6 Å². The summed E-state index contributed by atoms with van der Waals surface area (Å²) in [7, 11) is 3.99. The molecule has 1 amide bonds. The van der Waals surface area contributed by atoms with Crippen LogP contribution in [0.3, 0.4) is 0 Å². The number of rotatable bonds is 9. The van der Waals surface area contributed by atoms with Gasteiger partial charge in [0, 0.05) is 18.4 Å². The second kappa shape index (κ2) is 10.3. The normalized spacial score (nSPS) is 10.5. The number of aromatic nitrogens is 1. The van der Waals surface area contributed by atoms with Crippen LogP contribution in [0.2, 0.25) is 0 Å². The monoisotopic (exact) mass is 370 g/mol. The van der Waals surface area contributed by atoms with Gasteiger partial charge in [-0.25, -0.2) is 4.79 Å². The highest BCUT2D eigenvalue weighted by atomic mass is 16.5. The summed E-state index contributed by atoms with van der Waals surface area (Å²) in [4.78, 5) is 30.5. The lowest BCUT2D eigenvalue weighted by Gasteiger charge is -2.12. The Morgan fingerprint density at radius 3 is 2.70 bits per heavy atom. The first-order valence-electron chi connectivity index (χ1n) is 8.93. The van der Waals surface area contributed by atoms with Crippen LogP contribution in [0.1, 0.15) is 34.2 Å². The molecule has 0 saturated heterocycles. The number of hydrogen-bond acceptors (Lipinski definition) is 6. The molecule has 0 saturated carbocycles. The Kier molecular flexibility index (Phi) is 7.76.